The number of nitrogens with one attached hydrogen (secondary N) is 2. The van der Waals surface area contributed by atoms with Crippen molar-refractivity contribution in [1.29, 1.82) is 0 Å². The number of carbonyl (C=O) groups excluding carboxylic acids is 1. The number of hydrogen-bond acceptors (Lipinski definition) is 2. The number of aromatic amines is 1. The van der Waals surface area contributed by atoms with Gasteiger partial charge in [-0.2, -0.15) is 4.39 Å². The molecule has 0 atom stereocenters. The van der Waals surface area contributed by atoms with E-state index >= 15 is 0 Å². The van der Waals surface area contributed by atoms with Gasteiger partial charge in [-0.25, -0.2) is 4.98 Å². The third-order valence-corrected chi connectivity index (χ3v) is 3.64. The van der Waals surface area contributed by atoms with E-state index in [9.17, 15) is 9.18 Å². The fourth-order valence-corrected chi connectivity index (χ4v) is 2.57. The van der Waals surface area contributed by atoms with E-state index in [1.54, 1.807) is 6.07 Å². The molecule has 112 valence electrons. The van der Waals surface area contributed by atoms with Crippen molar-refractivity contribution < 1.29 is 9.18 Å². The monoisotopic (exact) mass is 317 g/mol. The Morgan fingerprint density at radius 3 is 2.86 bits per heavy atom. The minimum absolute atomic E-state index is 0.0882. The van der Waals surface area contributed by atoms with Gasteiger partial charge in [0, 0.05) is 45.9 Å². The number of amides is 1. The summed E-state index contributed by atoms with van der Waals surface area (Å²) in [5.74, 6) is -0.617. The molecule has 2 aromatic heterocycles. The van der Waals surface area contributed by atoms with Crippen LogP contribution in [0.3, 0.4) is 0 Å². The van der Waals surface area contributed by atoms with E-state index in [4.69, 9.17) is 11.6 Å². The highest BCUT2D eigenvalue weighted by molar-refractivity contribution is 6.34. The van der Waals surface area contributed by atoms with E-state index in [0.717, 1.165) is 27.7 Å². The maximum Gasteiger partial charge on any atom is 0.217 e. The van der Waals surface area contributed by atoms with E-state index in [0.29, 0.717) is 11.6 Å². The summed E-state index contributed by atoms with van der Waals surface area (Å²) in [4.78, 5) is 17.8. The molecule has 22 heavy (non-hydrogen) atoms. The predicted octanol–water partition coefficient (Wildman–Crippen LogP) is 3.66. The molecule has 0 saturated heterocycles. The molecule has 6 heteroatoms. The lowest BCUT2D eigenvalue weighted by Crippen LogP contribution is -2.18. The highest BCUT2D eigenvalue weighted by Gasteiger charge is 2.09. The number of benzene rings is 1. The SMILES string of the molecule is CC(=O)NCc1cc2cc(Cl)c(-c3ccc(F)nc3)cc2[nH]1. The van der Waals surface area contributed by atoms with Gasteiger partial charge in [-0.05, 0) is 30.3 Å². The zero-order valence-corrected chi connectivity index (χ0v) is 12.5. The van der Waals surface area contributed by atoms with E-state index in [2.05, 4.69) is 15.3 Å². The van der Waals surface area contributed by atoms with Crippen LogP contribution in [0.2, 0.25) is 5.02 Å². The van der Waals surface area contributed by atoms with Gasteiger partial charge < -0.3 is 10.3 Å². The molecule has 2 heterocycles. The molecule has 3 aromatic rings. The Hall–Kier alpha value is -2.40. The van der Waals surface area contributed by atoms with E-state index in [1.807, 2.05) is 18.2 Å². The second kappa shape index (κ2) is 5.77. The van der Waals surface area contributed by atoms with E-state index in [1.165, 1.54) is 19.2 Å². The number of pyridine rings is 1. The Morgan fingerprint density at radius 1 is 1.36 bits per heavy atom. The van der Waals surface area contributed by atoms with Gasteiger partial charge in [0.2, 0.25) is 11.9 Å². The fourth-order valence-electron chi connectivity index (χ4n) is 2.28. The molecule has 2 N–H and O–H groups in total. The van der Waals surface area contributed by atoms with Crippen LogP contribution < -0.4 is 5.32 Å². The first-order chi connectivity index (χ1) is 10.5. The zero-order chi connectivity index (χ0) is 15.7. The Labute approximate surface area is 131 Å². The van der Waals surface area contributed by atoms with E-state index in [-0.39, 0.29) is 5.91 Å². The minimum Gasteiger partial charge on any atom is -0.357 e. The lowest BCUT2D eigenvalue weighted by atomic mass is 10.1. The van der Waals surface area contributed by atoms with Crippen LogP contribution in [0.1, 0.15) is 12.6 Å². The average Bonchev–Trinajstić information content (AvgIpc) is 2.87. The van der Waals surface area contributed by atoms with Crippen LogP contribution in [-0.2, 0) is 11.3 Å². The molecule has 0 aliphatic rings. The highest BCUT2D eigenvalue weighted by atomic mass is 35.5. The zero-order valence-electron chi connectivity index (χ0n) is 11.8. The standard InChI is InChI=1S/C16H13ClFN3O/c1-9(22)19-8-12-4-11-5-14(17)13(6-15(11)21-12)10-2-3-16(18)20-7-10/h2-7,21H,8H2,1H3,(H,19,22). The van der Waals surface area contributed by atoms with Crippen LogP contribution in [0.25, 0.3) is 22.0 Å². The predicted molar refractivity (Wildman–Crippen MR) is 84.0 cm³/mol. The normalized spacial score (nSPS) is 10.9. The van der Waals surface area contributed by atoms with Crippen LogP contribution >= 0.6 is 11.6 Å². The highest BCUT2D eigenvalue weighted by Crippen LogP contribution is 2.32. The number of hydrogen-bond donors (Lipinski definition) is 2. The van der Waals surface area contributed by atoms with Crippen LogP contribution in [-0.4, -0.2) is 15.9 Å². The summed E-state index contributed by atoms with van der Waals surface area (Å²) in [6.45, 7) is 1.90. The van der Waals surface area contributed by atoms with E-state index < -0.39 is 5.95 Å². The first kappa shape index (κ1) is 14.5. The van der Waals surface area contributed by atoms with Crippen molar-refractivity contribution in [3.05, 3.63) is 53.2 Å². The van der Waals surface area contributed by atoms with Gasteiger partial charge in [0.05, 0.1) is 6.54 Å². The van der Waals surface area contributed by atoms with Crippen LogP contribution in [0.5, 0.6) is 0 Å². The molecule has 0 unspecified atom stereocenters. The molecule has 0 spiro atoms. The summed E-state index contributed by atoms with van der Waals surface area (Å²) in [5.41, 5.74) is 3.29. The van der Waals surface area contributed by atoms with Gasteiger partial charge in [0.1, 0.15) is 0 Å². The van der Waals surface area contributed by atoms with Crippen molar-refractivity contribution in [3.8, 4) is 11.1 Å². The summed E-state index contributed by atoms with van der Waals surface area (Å²) in [6, 6.07) is 8.60. The van der Waals surface area contributed by atoms with Crippen LogP contribution in [0.4, 0.5) is 4.39 Å². The number of rotatable bonds is 3. The van der Waals surface area contributed by atoms with Crippen LogP contribution in [0, 0.1) is 5.95 Å². The fraction of sp³-hybridized carbons (Fsp3) is 0.125. The molecule has 4 nitrogen and oxygen atoms in total. The molecular formula is C16H13ClFN3O. The van der Waals surface area contributed by atoms with Gasteiger partial charge in [-0.3, -0.25) is 4.79 Å². The number of fused-ring (bicyclic) bond motifs is 1. The van der Waals surface area contributed by atoms with Gasteiger partial charge >= 0.3 is 0 Å². The third kappa shape index (κ3) is 2.94. The number of carbonyl (C=O) groups is 1. The molecule has 0 radical (unpaired) electrons. The third-order valence-electron chi connectivity index (χ3n) is 3.33. The van der Waals surface area contributed by atoms with Crippen molar-refractivity contribution in [3.63, 3.8) is 0 Å². The molecule has 0 bridgehead atoms. The molecule has 0 aliphatic heterocycles. The molecule has 3 rings (SSSR count). The number of H-pyrrole nitrogens is 1. The summed E-state index contributed by atoms with van der Waals surface area (Å²) < 4.78 is 12.9. The minimum atomic E-state index is -0.529. The Morgan fingerprint density at radius 2 is 2.18 bits per heavy atom. The van der Waals surface area contributed by atoms with Crippen molar-refractivity contribution in [1.82, 2.24) is 15.3 Å². The molecular weight excluding hydrogens is 305 g/mol. The summed E-state index contributed by atoms with van der Waals surface area (Å²) in [7, 11) is 0. The molecule has 0 aliphatic carbocycles. The summed E-state index contributed by atoms with van der Waals surface area (Å²) >= 11 is 6.31. The quantitative estimate of drug-likeness (QED) is 0.724. The smallest absolute Gasteiger partial charge is 0.217 e. The molecule has 1 amide bonds. The Balaban J connectivity index is 2.00. The summed E-state index contributed by atoms with van der Waals surface area (Å²) in [5, 5.41) is 4.24. The first-order valence-electron chi connectivity index (χ1n) is 6.70. The average molecular weight is 318 g/mol. The van der Waals surface area contributed by atoms with Gasteiger partial charge in [0.25, 0.3) is 0 Å². The number of aromatic nitrogens is 2. The van der Waals surface area contributed by atoms with Gasteiger partial charge in [-0.15, -0.1) is 0 Å². The summed E-state index contributed by atoms with van der Waals surface area (Å²) in [6.07, 6.45) is 1.45. The lowest BCUT2D eigenvalue weighted by molar-refractivity contribution is -0.119. The second-order valence-corrected chi connectivity index (χ2v) is 5.40. The van der Waals surface area contributed by atoms with Gasteiger partial charge in [0.15, 0.2) is 0 Å². The van der Waals surface area contributed by atoms with Crippen molar-refractivity contribution in [2.24, 2.45) is 0 Å². The first-order valence-corrected chi connectivity index (χ1v) is 7.08. The number of nitrogens with zero attached hydrogens (tertiary/aromatic N) is 1. The van der Waals surface area contributed by atoms with Crippen molar-refractivity contribution >= 4 is 28.4 Å². The molecule has 0 fully saturated rings. The number of halogens is 2. The largest absolute Gasteiger partial charge is 0.357 e. The molecule has 1 aromatic carbocycles. The second-order valence-electron chi connectivity index (χ2n) is 4.99. The van der Waals surface area contributed by atoms with Crippen molar-refractivity contribution in [2.75, 3.05) is 0 Å². The van der Waals surface area contributed by atoms with Crippen molar-refractivity contribution in [2.45, 2.75) is 13.5 Å². The maximum absolute atomic E-state index is 12.9. The Kier molecular flexibility index (Phi) is 3.81. The van der Waals surface area contributed by atoms with Gasteiger partial charge in [-0.1, -0.05) is 11.6 Å². The Bertz CT molecular complexity index is 842. The maximum atomic E-state index is 12.9. The topological polar surface area (TPSA) is 57.8 Å². The van der Waals surface area contributed by atoms with Crippen LogP contribution in [0.15, 0.2) is 36.5 Å². The lowest BCUT2D eigenvalue weighted by Gasteiger charge is -2.04. The molecule has 0 saturated carbocycles.